The molecule has 1 N–H and O–H groups in total. The van der Waals surface area contributed by atoms with Crippen LogP contribution in [-0.2, 0) is 9.84 Å². The molecule has 0 spiro atoms. The Balaban J connectivity index is 1.81. The van der Waals surface area contributed by atoms with Gasteiger partial charge in [-0.3, -0.25) is 0 Å². The Hall–Kier alpha value is -0.130. The first-order chi connectivity index (χ1) is 7.68. The SMILES string of the molecule is O=S(=O)(CCN1CCCC1)C1CCCNC1. The smallest absolute Gasteiger partial charge is 0.155 e. The van der Waals surface area contributed by atoms with Crippen molar-refractivity contribution in [2.24, 2.45) is 0 Å². The van der Waals surface area contributed by atoms with Crippen molar-refractivity contribution in [3.63, 3.8) is 0 Å². The third kappa shape index (κ3) is 3.18. The van der Waals surface area contributed by atoms with Crippen molar-refractivity contribution in [1.82, 2.24) is 10.2 Å². The van der Waals surface area contributed by atoms with Crippen LogP contribution < -0.4 is 5.32 Å². The van der Waals surface area contributed by atoms with Crippen molar-refractivity contribution in [2.45, 2.75) is 30.9 Å². The highest BCUT2D eigenvalue weighted by Crippen LogP contribution is 2.14. The van der Waals surface area contributed by atoms with E-state index in [1.807, 2.05) is 0 Å². The van der Waals surface area contributed by atoms with Crippen LogP contribution in [-0.4, -0.2) is 57.0 Å². The van der Waals surface area contributed by atoms with E-state index in [4.69, 9.17) is 0 Å². The molecule has 1 atom stereocenters. The van der Waals surface area contributed by atoms with Gasteiger partial charge < -0.3 is 10.2 Å². The molecular weight excluding hydrogens is 224 g/mol. The van der Waals surface area contributed by atoms with Gasteiger partial charge in [0.25, 0.3) is 0 Å². The van der Waals surface area contributed by atoms with Gasteiger partial charge in [0, 0.05) is 13.1 Å². The van der Waals surface area contributed by atoms with Crippen molar-refractivity contribution in [3.8, 4) is 0 Å². The molecule has 0 bridgehead atoms. The number of hydrogen-bond acceptors (Lipinski definition) is 4. The molecule has 2 aliphatic heterocycles. The van der Waals surface area contributed by atoms with Gasteiger partial charge in [0.15, 0.2) is 9.84 Å². The molecule has 0 amide bonds. The molecule has 2 saturated heterocycles. The minimum absolute atomic E-state index is 0.135. The molecule has 0 saturated carbocycles. The van der Waals surface area contributed by atoms with E-state index in [2.05, 4.69) is 10.2 Å². The molecule has 0 radical (unpaired) electrons. The van der Waals surface area contributed by atoms with Crippen molar-refractivity contribution in [2.75, 3.05) is 38.5 Å². The summed E-state index contributed by atoms with van der Waals surface area (Å²) in [5, 5.41) is 3.04. The van der Waals surface area contributed by atoms with Gasteiger partial charge in [-0.05, 0) is 45.3 Å². The van der Waals surface area contributed by atoms with Gasteiger partial charge in [-0.1, -0.05) is 0 Å². The fraction of sp³-hybridized carbons (Fsp3) is 1.00. The van der Waals surface area contributed by atoms with Crippen LogP contribution in [0.25, 0.3) is 0 Å². The van der Waals surface area contributed by atoms with Gasteiger partial charge >= 0.3 is 0 Å². The Morgan fingerprint density at radius 3 is 2.56 bits per heavy atom. The molecule has 2 fully saturated rings. The molecule has 5 heteroatoms. The lowest BCUT2D eigenvalue weighted by Crippen LogP contribution is -2.41. The third-order valence-electron chi connectivity index (χ3n) is 3.65. The van der Waals surface area contributed by atoms with Crippen molar-refractivity contribution < 1.29 is 8.42 Å². The lowest BCUT2D eigenvalue weighted by Gasteiger charge is -2.24. The molecule has 2 rings (SSSR count). The highest BCUT2D eigenvalue weighted by atomic mass is 32.2. The predicted octanol–water partition coefficient (Wildman–Crippen LogP) is 0.249. The molecule has 2 heterocycles. The van der Waals surface area contributed by atoms with Gasteiger partial charge in [0.1, 0.15) is 0 Å². The first kappa shape index (κ1) is 12.3. The zero-order valence-corrected chi connectivity index (χ0v) is 10.6. The number of sulfone groups is 1. The summed E-state index contributed by atoms with van der Waals surface area (Å²) < 4.78 is 24.2. The first-order valence-electron chi connectivity index (χ1n) is 6.33. The number of rotatable bonds is 4. The zero-order valence-electron chi connectivity index (χ0n) is 9.82. The molecule has 1 unspecified atom stereocenters. The second kappa shape index (κ2) is 5.47. The van der Waals surface area contributed by atoms with E-state index in [0.29, 0.717) is 12.3 Å². The quantitative estimate of drug-likeness (QED) is 0.772. The lowest BCUT2D eigenvalue weighted by molar-refractivity contribution is 0.358. The number of piperidine rings is 1. The average Bonchev–Trinajstić information content (AvgIpc) is 2.81. The second-order valence-electron chi connectivity index (χ2n) is 4.88. The molecule has 0 aliphatic carbocycles. The number of nitrogens with zero attached hydrogens (tertiary/aromatic N) is 1. The Labute approximate surface area is 98.3 Å². The van der Waals surface area contributed by atoms with Crippen LogP contribution >= 0.6 is 0 Å². The molecule has 16 heavy (non-hydrogen) atoms. The van der Waals surface area contributed by atoms with E-state index in [-0.39, 0.29) is 5.25 Å². The van der Waals surface area contributed by atoms with Crippen LogP contribution in [0.2, 0.25) is 0 Å². The van der Waals surface area contributed by atoms with Gasteiger partial charge in [-0.2, -0.15) is 0 Å². The molecule has 2 aliphatic rings. The van der Waals surface area contributed by atoms with Crippen LogP contribution in [0, 0.1) is 0 Å². The van der Waals surface area contributed by atoms with Crippen molar-refractivity contribution in [3.05, 3.63) is 0 Å². The minimum atomic E-state index is -2.87. The van der Waals surface area contributed by atoms with Crippen LogP contribution in [0.3, 0.4) is 0 Å². The molecular formula is C11H22N2O2S. The fourth-order valence-corrected chi connectivity index (χ4v) is 4.30. The van der Waals surface area contributed by atoms with Gasteiger partial charge in [-0.25, -0.2) is 8.42 Å². The zero-order chi connectivity index (χ0) is 11.4. The van der Waals surface area contributed by atoms with Crippen LogP contribution in [0.1, 0.15) is 25.7 Å². The molecule has 0 aromatic carbocycles. The van der Waals surface area contributed by atoms with Gasteiger partial charge in [0.05, 0.1) is 11.0 Å². The molecule has 4 nitrogen and oxygen atoms in total. The van der Waals surface area contributed by atoms with E-state index >= 15 is 0 Å². The summed E-state index contributed by atoms with van der Waals surface area (Å²) in [7, 11) is -2.87. The van der Waals surface area contributed by atoms with Crippen molar-refractivity contribution >= 4 is 9.84 Å². The van der Waals surface area contributed by atoms with E-state index in [1.54, 1.807) is 0 Å². The van der Waals surface area contributed by atoms with Gasteiger partial charge in [0.2, 0.25) is 0 Å². The summed E-state index contributed by atoms with van der Waals surface area (Å²) in [6, 6.07) is 0. The maximum Gasteiger partial charge on any atom is 0.155 e. The van der Waals surface area contributed by atoms with E-state index < -0.39 is 9.84 Å². The summed E-state index contributed by atoms with van der Waals surface area (Å²) >= 11 is 0. The molecule has 0 aromatic rings. The number of likely N-dealkylation sites (tertiary alicyclic amines) is 1. The summed E-state index contributed by atoms with van der Waals surface area (Å²) in [4.78, 5) is 2.27. The first-order valence-corrected chi connectivity index (χ1v) is 8.05. The maximum atomic E-state index is 12.1. The summed E-state index contributed by atoms with van der Waals surface area (Å²) in [6.45, 7) is 4.52. The highest BCUT2D eigenvalue weighted by Gasteiger charge is 2.27. The van der Waals surface area contributed by atoms with Crippen LogP contribution in [0.5, 0.6) is 0 Å². The van der Waals surface area contributed by atoms with Crippen LogP contribution in [0.4, 0.5) is 0 Å². The van der Waals surface area contributed by atoms with Crippen LogP contribution in [0.15, 0.2) is 0 Å². The normalized spacial score (nSPS) is 28.4. The third-order valence-corrected chi connectivity index (χ3v) is 5.82. The summed E-state index contributed by atoms with van der Waals surface area (Å²) in [6.07, 6.45) is 4.29. The summed E-state index contributed by atoms with van der Waals surface area (Å²) in [5.74, 6) is 0.347. The summed E-state index contributed by atoms with van der Waals surface area (Å²) in [5.41, 5.74) is 0. The average molecular weight is 246 g/mol. The molecule has 0 aromatic heterocycles. The number of hydrogen-bond donors (Lipinski definition) is 1. The van der Waals surface area contributed by atoms with E-state index in [0.717, 1.165) is 39.0 Å². The van der Waals surface area contributed by atoms with Crippen molar-refractivity contribution in [1.29, 1.82) is 0 Å². The lowest BCUT2D eigenvalue weighted by atomic mass is 10.2. The van der Waals surface area contributed by atoms with Gasteiger partial charge in [-0.15, -0.1) is 0 Å². The predicted molar refractivity (Wildman–Crippen MR) is 65.4 cm³/mol. The van der Waals surface area contributed by atoms with E-state index in [1.165, 1.54) is 12.8 Å². The topological polar surface area (TPSA) is 49.4 Å². The Bertz CT molecular complexity index is 304. The monoisotopic (exact) mass is 246 g/mol. The molecule has 94 valence electrons. The largest absolute Gasteiger partial charge is 0.315 e. The fourth-order valence-electron chi connectivity index (χ4n) is 2.56. The minimum Gasteiger partial charge on any atom is -0.315 e. The Kier molecular flexibility index (Phi) is 4.21. The standard InChI is InChI=1S/C11H22N2O2S/c14-16(15,11-4-3-5-12-10-11)9-8-13-6-1-2-7-13/h11-12H,1-10H2. The Morgan fingerprint density at radius 2 is 1.94 bits per heavy atom. The van der Waals surface area contributed by atoms with E-state index in [9.17, 15) is 8.42 Å². The second-order valence-corrected chi connectivity index (χ2v) is 7.28. The Morgan fingerprint density at radius 1 is 1.19 bits per heavy atom. The maximum absolute atomic E-state index is 12.1. The number of nitrogens with one attached hydrogen (secondary N) is 1. The highest BCUT2D eigenvalue weighted by molar-refractivity contribution is 7.92.